The van der Waals surface area contributed by atoms with Crippen LogP contribution in [0, 0.1) is 12.8 Å². The molecule has 2 aromatic rings. The molecule has 2 aromatic carbocycles. The number of benzene rings is 2. The van der Waals surface area contributed by atoms with Crippen molar-refractivity contribution >= 4 is 12.0 Å². The summed E-state index contributed by atoms with van der Waals surface area (Å²) in [6.07, 6.45) is 13.2. The summed E-state index contributed by atoms with van der Waals surface area (Å²) in [7, 11) is 1.67. The van der Waals surface area contributed by atoms with Gasteiger partial charge in [0.05, 0.1) is 13.2 Å². The van der Waals surface area contributed by atoms with Crippen molar-refractivity contribution in [3.05, 3.63) is 65.2 Å². The highest BCUT2D eigenvalue weighted by atomic mass is 16.5. The van der Waals surface area contributed by atoms with E-state index >= 15 is 0 Å². The summed E-state index contributed by atoms with van der Waals surface area (Å²) >= 11 is 0. The molecule has 3 nitrogen and oxygen atoms in total. The van der Waals surface area contributed by atoms with Gasteiger partial charge in [-0.2, -0.15) is 0 Å². The van der Waals surface area contributed by atoms with Gasteiger partial charge in [-0.15, -0.1) is 0 Å². The number of hydrogen-bond acceptors (Lipinski definition) is 3. The van der Waals surface area contributed by atoms with Gasteiger partial charge < -0.3 is 4.74 Å². The Bertz CT molecular complexity index is 823. The third kappa shape index (κ3) is 7.34. The number of ether oxygens (including phenoxy) is 1. The van der Waals surface area contributed by atoms with Gasteiger partial charge in [-0.25, -0.2) is 0 Å². The average Bonchev–Trinajstić information content (AvgIpc) is 2.79. The Morgan fingerprint density at radius 2 is 1.48 bits per heavy atom. The molecular weight excluding hydrogens is 382 g/mol. The van der Waals surface area contributed by atoms with Crippen molar-refractivity contribution in [2.45, 2.75) is 77.2 Å². The molecule has 1 saturated carbocycles. The molecular formula is C28H37NO2. The lowest BCUT2D eigenvalue weighted by Gasteiger charge is -2.24. The molecule has 0 N–H and O–H groups in total. The summed E-state index contributed by atoms with van der Waals surface area (Å²) in [5, 5.41) is 0. The number of aryl methyl sites for hydroxylation is 1. The van der Waals surface area contributed by atoms with Crippen molar-refractivity contribution in [3.8, 4) is 5.75 Å². The Morgan fingerprint density at radius 3 is 2.13 bits per heavy atom. The monoisotopic (exact) mass is 419 g/mol. The first-order valence-electron chi connectivity index (χ1n) is 11.9. The summed E-state index contributed by atoms with van der Waals surface area (Å²) in [4.78, 5) is 18.3. The quantitative estimate of drug-likeness (QED) is 0.478. The first-order valence-corrected chi connectivity index (χ1v) is 11.9. The van der Waals surface area contributed by atoms with Crippen LogP contribution in [0.3, 0.4) is 0 Å². The van der Waals surface area contributed by atoms with Crippen molar-refractivity contribution in [2.75, 3.05) is 7.11 Å². The van der Waals surface area contributed by atoms with E-state index in [4.69, 9.17) is 9.73 Å². The van der Waals surface area contributed by atoms with Crippen LogP contribution < -0.4 is 4.74 Å². The summed E-state index contributed by atoms with van der Waals surface area (Å²) in [6.45, 7) is 2.10. The molecule has 0 amide bonds. The lowest BCUT2D eigenvalue weighted by Crippen LogP contribution is -2.22. The fourth-order valence-corrected chi connectivity index (χ4v) is 4.45. The first kappa shape index (κ1) is 23.2. The summed E-state index contributed by atoms with van der Waals surface area (Å²) in [5.74, 6) is 1.18. The van der Waals surface area contributed by atoms with Crippen LogP contribution >= 0.6 is 0 Å². The molecule has 0 aromatic heterocycles. The third-order valence-corrected chi connectivity index (χ3v) is 6.40. The summed E-state index contributed by atoms with van der Waals surface area (Å²) in [6, 6.07) is 16.3. The molecule has 0 aliphatic heterocycles. The van der Waals surface area contributed by atoms with Crippen LogP contribution in [-0.2, 0) is 4.79 Å². The summed E-state index contributed by atoms with van der Waals surface area (Å²) in [5.41, 5.74) is 3.39. The molecule has 166 valence electrons. The number of carbonyl (C=O) groups is 1. The highest BCUT2D eigenvalue weighted by Gasteiger charge is 2.28. The number of aliphatic imine (C=N–C) groups is 1. The second-order valence-electron chi connectivity index (χ2n) is 8.85. The minimum atomic E-state index is -0.127. The Hall–Kier alpha value is -2.42. The summed E-state index contributed by atoms with van der Waals surface area (Å²) < 4.78 is 5.26. The normalized spacial score (nSPS) is 20.1. The molecule has 1 aliphatic rings. The highest BCUT2D eigenvalue weighted by Crippen LogP contribution is 2.33. The second kappa shape index (κ2) is 12.4. The van der Waals surface area contributed by atoms with Gasteiger partial charge in [-0.3, -0.25) is 9.79 Å². The Kier molecular flexibility index (Phi) is 9.33. The number of nitrogens with zero attached hydrogens (tertiary/aromatic N) is 1. The van der Waals surface area contributed by atoms with E-state index in [1.807, 2.05) is 30.5 Å². The smallest absolute Gasteiger partial charge is 0.138 e. The van der Waals surface area contributed by atoms with Gasteiger partial charge in [-0.05, 0) is 55.2 Å². The van der Waals surface area contributed by atoms with E-state index in [0.717, 1.165) is 36.1 Å². The van der Waals surface area contributed by atoms with E-state index in [1.165, 1.54) is 44.1 Å². The molecule has 0 bridgehead atoms. The Labute approximate surface area is 187 Å². The number of hydrogen-bond donors (Lipinski definition) is 0. The van der Waals surface area contributed by atoms with E-state index < -0.39 is 0 Å². The molecule has 0 saturated heterocycles. The molecule has 0 spiro atoms. The van der Waals surface area contributed by atoms with Crippen molar-refractivity contribution < 1.29 is 9.53 Å². The largest absolute Gasteiger partial charge is 0.497 e. The number of ketones is 1. The predicted octanol–water partition coefficient (Wildman–Crippen LogP) is 7.26. The van der Waals surface area contributed by atoms with Gasteiger partial charge in [0.1, 0.15) is 11.5 Å². The fourth-order valence-electron chi connectivity index (χ4n) is 4.45. The predicted molar refractivity (Wildman–Crippen MR) is 129 cm³/mol. The van der Waals surface area contributed by atoms with Crippen LogP contribution in [0.15, 0.2) is 53.5 Å². The zero-order valence-electron chi connectivity index (χ0n) is 19.2. The zero-order valence-corrected chi connectivity index (χ0v) is 19.2. The zero-order chi connectivity index (χ0) is 21.9. The maximum Gasteiger partial charge on any atom is 0.138 e. The van der Waals surface area contributed by atoms with Gasteiger partial charge in [0.25, 0.3) is 0 Å². The Balaban J connectivity index is 1.86. The minimum absolute atomic E-state index is 0.0448. The van der Waals surface area contributed by atoms with Crippen molar-refractivity contribution in [1.82, 2.24) is 0 Å². The molecule has 3 rings (SSSR count). The van der Waals surface area contributed by atoms with Crippen molar-refractivity contribution in [1.29, 1.82) is 0 Å². The van der Waals surface area contributed by atoms with Crippen molar-refractivity contribution in [3.63, 3.8) is 0 Å². The molecule has 31 heavy (non-hydrogen) atoms. The number of methoxy groups -OCH3 is 1. The van der Waals surface area contributed by atoms with E-state index in [0.29, 0.717) is 12.2 Å². The SMILES string of the molecule is COc1ccc(C=NC(c2ccc(C)cc2)C2CCCCCCCCCCC2=O)cc1. The van der Waals surface area contributed by atoms with Crippen LogP contribution in [0.5, 0.6) is 5.75 Å². The van der Waals surface area contributed by atoms with Gasteiger partial charge in [0.2, 0.25) is 0 Å². The van der Waals surface area contributed by atoms with Crippen LogP contribution in [0.2, 0.25) is 0 Å². The van der Waals surface area contributed by atoms with E-state index in [-0.39, 0.29) is 12.0 Å². The van der Waals surface area contributed by atoms with E-state index in [1.54, 1.807) is 7.11 Å². The molecule has 0 heterocycles. The molecule has 2 unspecified atom stereocenters. The lowest BCUT2D eigenvalue weighted by molar-refractivity contribution is -0.124. The number of Topliss-reactive ketones (excluding diaryl/α,β-unsaturated/α-hetero) is 1. The number of carbonyl (C=O) groups excluding carboxylic acids is 1. The van der Waals surface area contributed by atoms with E-state index in [9.17, 15) is 4.79 Å². The van der Waals surface area contributed by atoms with Gasteiger partial charge >= 0.3 is 0 Å². The standard InChI is InChI=1S/C28H37NO2/c1-22-13-17-24(18-14-22)28(29-21-23-15-19-25(31-2)20-16-23)26-11-9-7-5-3-4-6-8-10-12-27(26)30/h13-21,26,28H,3-12H2,1-2H3. The first-order chi connectivity index (χ1) is 15.2. The Morgan fingerprint density at radius 1 is 0.871 bits per heavy atom. The molecule has 1 aliphatic carbocycles. The topological polar surface area (TPSA) is 38.7 Å². The van der Waals surface area contributed by atoms with Gasteiger partial charge in [0.15, 0.2) is 0 Å². The number of rotatable bonds is 5. The molecule has 2 atom stereocenters. The van der Waals surface area contributed by atoms with Gasteiger partial charge in [-0.1, -0.05) is 74.8 Å². The molecule has 3 heteroatoms. The minimum Gasteiger partial charge on any atom is -0.497 e. The van der Waals surface area contributed by atoms with Crippen LogP contribution in [0.25, 0.3) is 0 Å². The van der Waals surface area contributed by atoms with Gasteiger partial charge in [0, 0.05) is 18.6 Å². The van der Waals surface area contributed by atoms with Crippen LogP contribution in [-0.4, -0.2) is 19.1 Å². The highest BCUT2D eigenvalue weighted by molar-refractivity contribution is 5.83. The van der Waals surface area contributed by atoms with Crippen LogP contribution in [0.1, 0.15) is 86.9 Å². The third-order valence-electron chi connectivity index (χ3n) is 6.40. The maximum absolute atomic E-state index is 13.3. The average molecular weight is 420 g/mol. The lowest BCUT2D eigenvalue weighted by atomic mass is 9.83. The van der Waals surface area contributed by atoms with E-state index in [2.05, 4.69) is 31.2 Å². The van der Waals surface area contributed by atoms with Crippen LogP contribution in [0.4, 0.5) is 0 Å². The molecule has 1 fully saturated rings. The fraction of sp³-hybridized carbons (Fsp3) is 0.500. The van der Waals surface area contributed by atoms with Crippen molar-refractivity contribution in [2.24, 2.45) is 10.9 Å². The molecule has 0 radical (unpaired) electrons. The second-order valence-corrected chi connectivity index (χ2v) is 8.85. The maximum atomic E-state index is 13.3.